The Bertz CT molecular complexity index is 1030. The van der Waals surface area contributed by atoms with Gasteiger partial charge in [-0.2, -0.15) is 0 Å². The number of carbonyl (C=O) groups is 1. The fourth-order valence-electron chi connectivity index (χ4n) is 8.67. The molecule has 11 heteroatoms. The SMILES string of the molecule is CCCCCCCCC/C=C\CCCCCCC(O)C(=O)NC(COC1OC(CO)C(O)C(O)C1O)C(O)C(O)CCCCCCCCCCCCCCCCCCCCCCC. The zero-order valence-electron chi connectivity index (χ0n) is 40.6. The van der Waals surface area contributed by atoms with E-state index in [1.54, 1.807) is 0 Å². The third-order valence-electron chi connectivity index (χ3n) is 13.1. The molecule has 1 heterocycles. The Morgan fingerprint density at radius 1 is 0.540 bits per heavy atom. The van der Waals surface area contributed by atoms with Gasteiger partial charge in [0.2, 0.25) is 5.91 Å². The number of carbonyl (C=O) groups excluding carboxylic acids is 1. The molecule has 0 aliphatic carbocycles. The van der Waals surface area contributed by atoms with Crippen molar-refractivity contribution in [1.82, 2.24) is 5.32 Å². The topological polar surface area (TPSA) is 189 Å². The van der Waals surface area contributed by atoms with Gasteiger partial charge in [-0.3, -0.25) is 4.79 Å². The minimum atomic E-state index is -1.66. The van der Waals surface area contributed by atoms with Crippen LogP contribution in [0.25, 0.3) is 0 Å². The summed E-state index contributed by atoms with van der Waals surface area (Å²) in [4.78, 5) is 13.1. The molecule has 0 radical (unpaired) electrons. The molecule has 1 aliphatic rings. The van der Waals surface area contributed by atoms with Gasteiger partial charge in [0, 0.05) is 0 Å². The minimum absolute atomic E-state index is 0.248. The number of hydrogen-bond donors (Lipinski definition) is 8. The van der Waals surface area contributed by atoms with E-state index in [-0.39, 0.29) is 6.42 Å². The van der Waals surface area contributed by atoms with Crippen molar-refractivity contribution < 1.29 is 50.0 Å². The Morgan fingerprint density at radius 2 is 0.921 bits per heavy atom. The van der Waals surface area contributed by atoms with E-state index in [4.69, 9.17) is 9.47 Å². The molecule has 1 rings (SSSR count). The molecule has 11 nitrogen and oxygen atoms in total. The van der Waals surface area contributed by atoms with E-state index in [0.717, 1.165) is 51.4 Å². The second-order valence-corrected chi connectivity index (χ2v) is 19.0. The lowest BCUT2D eigenvalue weighted by molar-refractivity contribution is -0.303. The van der Waals surface area contributed by atoms with Gasteiger partial charge in [-0.1, -0.05) is 219 Å². The summed E-state index contributed by atoms with van der Waals surface area (Å²) >= 11 is 0. The summed E-state index contributed by atoms with van der Waals surface area (Å²) < 4.78 is 11.1. The van der Waals surface area contributed by atoms with Crippen LogP contribution in [0.5, 0.6) is 0 Å². The number of amides is 1. The molecule has 374 valence electrons. The lowest BCUT2D eigenvalue weighted by Crippen LogP contribution is -2.60. The number of nitrogens with one attached hydrogen (secondary N) is 1. The van der Waals surface area contributed by atoms with Crippen molar-refractivity contribution in [1.29, 1.82) is 0 Å². The van der Waals surface area contributed by atoms with Crippen LogP contribution < -0.4 is 5.32 Å². The summed E-state index contributed by atoms with van der Waals surface area (Å²) in [5.74, 6) is -0.703. The summed E-state index contributed by atoms with van der Waals surface area (Å²) in [6, 6.07) is -1.17. The molecule has 9 unspecified atom stereocenters. The van der Waals surface area contributed by atoms with E-state index in [0.29, 0.717) is 19.3 Å². The van der Waals surface area contributed by atoms with Gasteiger partial charge in [0.15, 0.2) is 6.29 Å². The van der Waals surface area contributed by atoms with Gasteiger partial charge in [-0.15, -0.1) is 0 Å². The van der Waals surface area contributed by atoms with E-state index < -0.39 is 74.2 Å². The summed E-state index contributed by atoms with van der Waals surface area (Å²) in [6.07, 6.45) is 35.4. The molecule has 1 fully saturated rings. The van der Waals surface area contributed by atoms with Gasteiger partial charge in [0.05, 0.1) is 25.4 Å². The van der Waals surface area contributed by atoms with Crippen LogP contribution in [0.15, 0.2) is 12.2 Å². The molecule has 0 aromatic heterocycles. The molecule has 1 amide bonds. The number of ether oxygens (including phenoxy) is 2. The van der Waals surface area contributed by atoms with Gasteiger partial charge in [0.1, 0.15) is 36.6 Å². The first-order valence-electron chi connectivity index (χ1n) is 26.6. The van der Waals surface area contributed by atoms with Crippen LogP contribution in [-0.2, 0) is 14.3 Å². The lowest BCUT2D eigenvalue weighted by atomic mass is 9.98. The number of hydrogen-bond acceptors (Lipinski definition) is 10. The number of aliphatic hydroxyl groups is 7. The smallest absolute Gasteiger partial charge is 0.249 e. The molecular weight excluding hydrogens is 799 g/mol. The Balaban J connectivity index is 2.36. The molecule has 0 aromatic rings. The van der Waals surface area contributed by atoms with Gasteiger partial charge in [-0.25, -0.2) is 0 Å². The predicted molar refractivity (Wildman–Crippen MR) is 256 cm³/mol. The fourth-order valence-corrected chi connectivity index (χ4v) is 8.67. The standard InChI is InChI=1S/C52H101NO10/c1-3-5-7-9-11-13-15-17-19-20-21-22-23-24-26-27-29-31-33-35-37-39-44(55)47(57)43(42-62-52-50(60)49(59)48(58)46(41-54)63-52)53-51(61)45(56)40-38-36-34-32-30-28-25-18-16-14-12-10-8-6-4-2/h25,28,43-50,52,54-60H,3-24,26-27,29-42H2,1-2H3,(H,53,61)/b28-25-. The maximum Gasteiger partial charge on any atom is 0.249 e. The van der Waals surface area contributed by atoms with Crippen molar-refractivity contribution >= 4 is 5.91 Å². The molecule has 9 atom stereocenters. The monoisotopic (exact) mass is 900 g/mol. The van der Waals surface area contributed by atoms with Gasteiger partial charge < -0.3 is 50.5 Å². The van der Waals surface area contributed by atoms with Crippen LogP contribution in [0.4, 0.5) is 0 Å². The third-order valence-corrected chi connectivity index (χ3v) is 13.1. The summed E-state index contributed by atoms with van der Waals surface area (Å²) in [5, 5.41) is 75.9. The third kappa shape index (κ3) is 31.5. The van der Waals surface area contributed by atoms with Crippen molar-refractivity contribution in [2.75, 3.05) is 13.2 Å². The van der Waals surface area contributed by atoms with E-state index in [1.165, 1.54) is 154 Å². The minimum Gasteiger partial charge on any atom is -0.394 e. The van der Waals surface area contributed by atoms with Gasteiger partial charge in [0.25, 0.3) is 0 Å². The molecule has 1 aliphatic heterocycles. The second-order valence-electron chi connectivity index (χ2n) is 19.0. The second kappa shape index (κ2) is 42.2. The summed E-state index contributed by atoms with van der Waals surface area (Å²) in [7, 11) is 0. The zero-order chi connectivity index (χ0) is 46.2. The highest BCUT2D eigenvalue weighted by molar-refractivity contribution is 5.80. The number of allylic oxidation sites excluding steroid dienone is 2. The first kappa shape index (κ1) is 59.9. The first-order chi connectivity index (χ1) is 30.7. The normalized spacial score (nSPS) is 21.2. The highest BCUT2D eigenvalue weighted by Gasteiger charge is 2.44. The average Bonchev–Trinajstić information content (AvgIpc) is 3.28. The molecule has 0 bridgehead atoms. The quantitative estimate of drug-likeness (QED) is 0.0216. The van der Waals surface area contributed by atoms with E-state index in [2.05, 4.69) is 31.3 Å². The number of unbranched alkanes of at least 4 members (excludes halogenated alkanes) is 31. The average molecular weight is 900 g/mol. The number of aliphatic hydroxyl groups excluding tert-OH is 7. The maximum absolute atomic E-state index is 13.1. The molecule has 0 aromatic carbocycles. The van der Waals surface area contributed by atoms with E-state index in [1.807, 2.05) is 0 Å². The first-order valence-corrected chi connectivity index (χ1v) is 26.6. The van der Waals surface area contributed by atoms with Crippen molar-refractivity contribution in [3.05, 3.63) is 12.2 Å². The highest BCUT2D eigenvalue weighted by atomic mass is 16.7. The number of rotatable bonds is 45. The van der Waals surface area contributed by atoms with Crippen LogP contribution in [0.1, 0.15) is 245 Å². The van der Waals surface area contributed by atoms with E-state index >= 15 is 0 Å². The van der Waals surface area contributed by atoms with Crippen LogP contribution in [0.3, 0.4) is 0 Å². The molecule has 1 saturated heterocycles. The highest BCUT2D eigenvalue weighted by Crippen LogP contribution is 2.23. The fraction of sp³-hybridized carbons (Fsp3) is 0.942. The van der Waals surface area contributed by atoms with Crippen LogP contribution in [0.2, 0.25) is 0 Å². The van der Waals surface area contributed by atoms with Crippen molar-refractivity contribution in [2.24, 2.45) is 0 Å². The zero-order valence-corrected chi connectivity index (χ0v) is 40.6. The Kier molecular flexibility index (Phi) is 40.1. The molecule has 0 saturated carbocycles. The Morgan fingerprint density at radius 3 is 1.33 bits per heavy atom. The van der Waals surface area contributed by atoms with Crippen molar-refractivity contribution in [3.63, 3.8) is 0 Å². The predicted octanol–water partition coefficient (Wildman–Crippen LogP) is 10.0. The van der Waals surface area contributed by atoms with Gasteiger partial charge >= 0.3 is 0 Å². The lowest BCUT2D eigenvalue weighted by Gasteiger charge is -2.40. The van der Waals surface area contributed by atoms with Gasteiger partial charge in [-0.05, 0) is 38.5 Å². The van der Waals surface area contributed by atoms with E-state index in [9.17, 15) is 40.5 Å². The van der Waals surface area contributed by atoms with Crippen molar-refractivity contribution in [2.45, 2.75) is 300 Å². The van der Waals surface area contributed by atoms with Crippen molar-refractivity contribution in [3.8, 4) is 0 Å². The van der Waals surface area contributed by atoms with Crippen LogP contribution >= 0.6 is 0 Å². The molecule has 63 heavy (non-hydrogen) atoms. The Hall–Kier alpha value is -1.15. The summed E-state index contributed by atoms with van der Waals surface area (Å²) in [6.45, 7) is 3.46. The van der Waals surface area contributed by atoms with Crippen LogP contribution in [-0.4, -0.2) is 110 Å². The molecule has 0 spiro atoms. The summed E-state index contributed by atoms with van der Waals surface area (Å²) in [5.41, 5.74) is 0. The molecule has 8 N–H and O–H groups in total. The largest absolute Gasteiger partial charge is 0.394 e. The molecular formula is C52H101NO10. The maximum atomic E-state index is 13.1. The van der Waals surface area contributed by atoms with Crippen LogP contribution in [0, 0.1) is 0 Å². The Labute approximate surface area is 385 Å².